The minimum absolute atomic E-state index is 0.254. The molecule has 27 heavy (non-hydrogen) atoms. The minimum Gasteiger partial charge on any atom is -0.478 e. The van der Waals surface area contributed by atoms with Crippen LogP contribution in [0.15, 0.2) is 42.6 Å². The highest BCUT2D eigenvalue weighted by atomic mass is 16.4. The largest absolute Gasteiger partial charge is 0.478 e. The first-order valence-corrected chi connectivity index (χ1v) is 9.26. The van der Waals surface area contributed by atoms with Gasteiger partial charge < -0.3 is 5.11 Å². The topological polar surface area (TPSA) is 80.9 Å². The number of aryl methyl sites for hydroxylation is 2. The quantitative estimate of drug-likeness (QED) is 0.608. The maximum Gasteiger partial charge on any atom is 0.336 e. The molecule has 0 atom stereocenters. The number of carboxylic acid groups (broad SMARTS) is 1. The normalized spacial score (nSPS) is 10.9. The fraction of sp³-hybridized carbons (Fsp3) is 0.333. The van der Waals surface area contributed by atoms with Gasteiger partial charge >= 0.3 is 5.97 Å². The lowest BCUT2D eigenvalue weighted by molar-refractivity contribution is 0.0697. The molecular formula is C21H24N4O2. The van der Waals surface area contributed by atoms with Crippen LogP contribution < -0.4 is 0 Å². The van der Waals surface area contributed by atoms with Crippen LogP contribution in [0.4, 0.5) is 0 Å². The van der Waals surface area contributed by atoms with Crippen molar-refractivity contribution in [1.82, 2.24) is 19.7 Å². The van der Waals surface area contributed by atoms with E-state index in [0.29, 0.717) is 17.7 Å². The summed E-state index contributed by atoms with van der Waals surface area (Å²) in [5, 5.41) is 13.8. The van der Waals surface area contributed by atoms with E-state index >= 15 is 0 Å². The van der Waals surface area contributed by atoms with Crippen molar-refractivity contribution in [1.29, 1.82) is 0 Å². The molecule has 1 N–H and O–H groups in total. The third kappa shape index (κ3) is 4.58. The summed E-state index contributed by atoms with van der Waals surface area (Å²) in [6.07, 6.45) is 5.88. The Morgan fingerprint density at radius 2 is 1.96 bits per heavy atom. The molecule has 6 heteroatoms. The predicted octanol–water partition coefficient (Wildman–Crippen LogP) is 4.13. The molecule has 0 aliphatic rings. The van der Waals surface area contributed by atoms with Crippen LogP contribution in [0.3, 0.4) is 0 Å². The van der Waals surface area contributed by atoms with Gasteiger partial charge in [0, 0.05) is 24.7 Å². The van der Waals surface area contributed by atoms with Gasteiger partial charge in [0.05, 0.1) is 11.3 Å². The maximum absolute atomic E-state index is 11.4. The molecule has 140 valence electrons. The number of pyridine rings is 1. The standard InChI is InChI=1S/C21H24N4O2/c1-3-4-7-12-25-20(23-15(2)24-25)13-16-10-11-19(22-14-16)17-8-5-6-9-18(17)21(26)27/h5-6,8-11,14H,3-4,7,12-13H2,1-2H3,(H,26,27). The zero-order valence-corrected chi connectivity index (χ0v) is 15.7. The van der Waals surface area contributed by atoms with Crippen LogP contribution in [0, 0.1) is 6.92 Å². The second-order valence-electron chi connectivity index (χ2n) is 6.58. The molecule has 2 heterocycles. The first-order valence-electron chi connectivity index (χ1n) is 9.26. The molecule has 0 radical (unpaired) electrons. The Labute approximate surface area is 158 Å². The highest BCUT2D eigenvalue weighted by molar-refractivity contribution is 5.95. The average molecular weight is 364 g/mol. The van der Waals surface area contributed by atoms with E-state index in [1.165, 1.54) is 12.8 Å². The lowest BCUT2D eigenvalue weighted by Gasteiger charge is -2.08. The number of rotatable bonds is 8. The van der Waals surface area contributed by atoms with Crippen molar-refractivity contribution in [3.63, 3.8) is 0 Å². The first-order chi connectivity index (χ1) is 13.1. The zero-order chi connectivity index (χ0) is 19.2. The van der Waals surface area contributed by atoms with Crippen molar-refractivity contribution >= 4 is 5.97 Å². The minimum atomic E-state index is -0.952. The van der Waals surface area contributed by atoms with Crippen molar-refractivity contribution < 1.29 is 9.90 Å². The molecule has 0 fully saturated rings. The number of aromatic carboxylic acids is 1. The summed E-state index contributed by atoms with van der Waals surface area (Å²) >= 11 is 0. The molecule has 0 aliphatic carbocycles. The fourth-order valence-corrected chi connectivity index (χ4v) is 3.08. The van der Waals surface area contributed by atoms with Crippen LogP contribution in [0.1, 0.15) is 53.8 Å². The van der Waals surface area contributed by atoms with Crippen molar-refractivity contribution in [2.24, 2.45) is 0 Å². The molecular weight excluding hydrogens is 340 g/mol. The van der Waals surface area contributed by atoms with Crippen molar-refractivity contribution in [3.8, 4) is 11.3 Å². The number of nitrogens with zero attached hydrogens (tertiary/aromatic N) is 4. The second kappa shape index (κ2) is 8.58. The number of benzene rings is 1. The van der Waals surface area contributed by atoms with Gasteiger partial charge in [0.25, 0.3) is 0 Å². The zero-order valence-electron chi connectivity index (χ0n) is 15.7. The lowest BCUT2D eigenvalue weighted by atomic mass is 10.0. The Morgan fingerprint density at radius 3 is 2.67 bits per heavy atom. The molecule has 2 aromatic heterocycles. The third-order valence-electron chi connectivity index (χ3n) is 4.45. The van der Waals surface area contributed by atoms with E-state index in [1.807, 2.05) is 29.8 Å². The smallest absolute Gasteiger partial charge is 0.336 e. The summed E-state index contributed by atoms with van der Waals surface area (Å²) in [5.74, 6) is 0.762. The summed E-state index contributed by atoms with van der Waals surface area (Å²) in [6, 6.07) is 10.7. The van der Waals surface area contributed by atoms with E-state index in [-0.39, 0.29) is 5.56 Å². The van der Waals surface area contributed by atoms with E-state index in [0.717, 1.165) is 30.2 Å². The van der Waals surface area contributed by atoms with Gasteiger partial charge in [-0.1, -0.05) is 44.0 Å². The van der Waals surface area contributed by atoms with Crippen LogP contribution in [0.25, 0.3) is 11.3 Å². The van der Waals surface area contributed by atoms with Gasteiger partial charge in [-0.3, -0.25) is 4.98 Å². The highest BCUT2D eigenvalue weighted by Gasteiger charge is 2.13. The third-order valence-corrected chi connectivity index (χ3v) is 4.45. The summed E-state index contributed by atoms with van der Waals surface area (Å²) in [4.78, 5) is 20.4. The molecule has 0 bridgehead atoms. The van der Waals surface area contributed by atoms with Crippen LogP contribution in [0.2, 0.25) is 0 Å². The number of hydrogen-bond donors (Lipinski definition) is 1. The number of unbranched alkanes of at least 4 members (excludes halogenated alkanes) is 2. The molecule has 0 saturated heterocycles. The molecule has 0 amide bonds. The molecule has 0 unspecified atom stereocenters. The monoisotopic (exact) mass is 364 g/mol. The Kier molecular flexibility index (Phi) is 5.96. The van der Waals surface area contributed by atoms with Crippen molar-refractivity contribution in [2.75, 3.05) is 0 Å². The molecule has 6 nitrogen and oxygen atoms in total. The van der Waals surface area contributed by atoms with Crippen LogP contribution >= 0.6 is 0 Å². The summed E-state index contributed by atoms with van der Waals surface area (Å²) < 4.78 is 1.98. The number of aromatic nitrogens is 4. The Morgan fingerprint density at radius 1 is 1.15 bits per heavy atom. The first kappa shape index (κ1) is 18.8. The molecule has 0 saturated carbocycles. The second-order valence-corrected chi connectivity index (χ2v) is 6.58. The number of carboxylic acids is 1. The SMILES string of the molecule is CCCCCn1nc(C)nc1Cc1ccc(-c2ccccc2C(=O)O)nc1. The molecule has 0 spiro atoms. The van der Waals surface area contributed by atoms with Gasteiger partial charge in [0.2, 0.25) is 0 Å². The number of carbonyl (C=O) groups is 1. The van der Waals surface area contributed by atoms with Gasteiger partial charge in [-0.2, -0.15) is 5.10 Å². The van der Waals surface area contributed by atoms with Crippen LogP contribution in [-0.2, 0) is 13.0 Å². The van der Waals surface area contributed by atoms with Crippen molar-refractivity contribution in [2.45, 2.75) is 46.1 Å². The van der Waals surface area contributed by atoms with Gasteiger partial charge in [-0.05, 0) is 31.0 Å². The van der Waals surface area contributed by atoms with Gasteiger partial charge in [0.1, 0.15) is 11.6 Å². The lowest BCUT2D eigenvalue weighted by Crippen LogP contribution is -2.07. The Balaban J connectivity index is 1.78. The predicted molar refractivity (Wildman–Crippen MR) is 104 cm³/mol. The van der Waals surface area contributed by atoms with E-state index in [4.69, 9.17) is 0 Å². The summed E-state index contributed by atoms with van der Waals surface area (Å²) in [6.45, 7) is 4.97. The Bertz CT molecular complexity index is 916. The molecule has 1 aromatic carbocycles. The average Bonchev–Trinajstić information content (AvgIpc) is 3.01. The molecule has 3 rings (SSSR count). The highest BCUT2D eigenvalue weighted by Crippen LogP contribution is 2.22. The van der Waals surface area contributed by atoms with Gasteiger partial charge in [0.15, 0.2) is 0 Å². The van der Waals surface area contributed by atoms with Gasteiger partial charge in [-0.25, -0.2) is 14.5 Å². The van der Waals surface area contributed by atoms with E-state index < -0.39 is 5.97 Å². The number of hydrogen-bond acceptors (Lipinski definition) is 4. The molecule has 3 aromatic rings. The summed E-state index contributed by atoms with van der Waals surface area (Å²) in [7, 11) is 0. The van der Waals surface area contributed by atoms with Crippen LogP contribution in [0.5, 0.6) is 0 Å². The maximum atomic E-state index is 11.4. The van der Waals surface area contributed by atoms with E-state index in [1.54, 1.807) is 24.4 Å². The van der Waals surface area contributed by atoms with E-state index in [9.17, 15) is 9.90 Å². The Hall–Kier alpha value is -3.02. The fourth-order valence-electron chi connectivity index (χ4n) is 3.08. The summed E-state index contributed by atoms with van der Waals surface area (Å²) in [5.41, 5.74) is 2.55. The van der Waals surface area contributed by atoms with Crippen molar-refractivity contribution in [3.05, 3.63) is 65.4 Å². The van der Waals surface area contributed by atoms with E-state index in [2.05, 4.69) is 22.0 Å². The molecule has 0 aliphatic heterocycles. The van der Waals surface area contributed by atoms with Crippen LogP contribution in [-0.4, -0.2) is 30.8 Å². The van der Waals surface area contributed by atoms with Gasteiger partial charge in [-0.15, -0.1) is 0 Å².